The maximum atomic E-state index is 5.86. The zero-order chi connectivity index (χ0) is 31.9. The highest BCUT2D eigenvalue weighted by Crippen LogP contribution is 2.40. The molecule has 0 unspecified atom stereocenters. The fourth-order valence-corrected chi connectivity index (χ4v) is 7.14. The number of nitrogens with zero attached hydrogens (tertiary/aromatic N) is 2. The first-order chi connectivity index (χ1) is 23.1. The number of para-hydroxylation sites is 1. The molecular weight excluding hydrogens is 573 g/mol. The topological polar surface area (TPSA) is 69.9 Å². The predicted octanol–water partition coefficient (Wildman–Crippen LogP) is 10.1. The first-order valence-electron chi connectivity index (χ1n) is 15.9. The molecule has 47 heavy (non-hydrogen) atoms. The van der Waals surface area contributed by atoms with Crippen LogP contribution in [-0.4, -0.2) is 9.55 Å². The number of hydrogen-bond donors (Lipinski definition) is 2. The summed E-state index contributed by atoms with van der Waals surface area (Å²) in [5.41, 5.74) is 21.3. The van der Waals surface area contributed by atoms with Gasteiger partial charge in [0, 0.05) is 40.0 Å². The molecule has 0 amide bonds. The van der Waals surface area contributed by atoms with Crippen molar-refractivity contribution in [1.82, 2.24) is 9.55 Å². The highest BCUT2D eigenvalue weighted by atomic mass is 15.0. The van der Waals surface area contributed by atoms with Crippen molar-refractivity contribution in [2.45, 2.75) is 13.3 Å². The second-order valence-electron chi connectivity index (χ2n) is 12.0. The summed E-state index contributed by atoms with van der Waals surface area (Å²) in [6.45, 7) is 2.15. The third-order valence-electron chi connectivity index (χ3n) is 9.23. The zero-order valence-corrected chi connectivity index (χ0v) is 26.2. The van der Waals surface area contributed by atoms with E-state index in [4.69, 9.17) is 16.5 Å². The zero-order valence-electron chi connectivity index (χ0n) is 26.2. The second kappa shape index (κ2) is 11.7. The molecule has 2 heterocycles. The minimum Gasteiger partial charge on any atom is -0.405 e. The molecule has 0 atom stereocenters. The number of nitrogens with two attached hydrogens (primary N) is 2. The molecular formula is C43H34N4. The molecule has 0 saturated heterocycles. The average Bonchev–Trinajstić information content (AvgIpc) is 3.39. The number of allylic oxidation sites excluding steroid dienone is 3. The molecule has 0 radical (unpaired) electrons. The molecule has 0 bridgehead atoms. The van der Waals surface area contributed by atoms with Crippen LogP contribution in [0.1, 0.15) is 17.0 Å². The second-order valence-corrected chi connectivity index (χ2v) is 12.0. The lowest BCUT2D eigenvalue weighted by Crippen LogP contribution is -1.98. The molecule has 0 aliphatic heterocycles. The summed E-state index contributed by atoms with van der Waals surface area (Å²) in [5, 5.41) is 8.75. The average molecular weight is 607 g/mol. The Labute approximate surface area is 273 Å². The van der Waals surface area contributed by atoms with E-state index in [9.17, 15) is 0 Å². The van der Waals surface area contributed by atoms with E-state index in [1.54, 1.807) is 12.4 Å². The summed E-state index contributed by atoms with van der Waals surface area (Å²) in [5.74, 6) is 0. The Balaban J connectivity index is 1.32. The quantitative estimate of drug-likeness (QED) is 0.140. The van der Waals surface area contributed by atoms with E-state index in [0.717, 1.165) is 50.5 Å². The third kappa shape index (κ3) is 4.82. The van der Waals surface area contributed by atoms with Gasteiger partial charge in [-0.25, -0.2) is 0 Å². The van der Waals surface area contributed by atoms with Gasteiger partial charge in [0.25, 0.3) is 0 Å². The van der Waals surface area contributed by atoms with Crippen molar-refractivity contribution >= 4 is 49.3 Å². The maximum Gasteiger partial charge on any atom is 0.0717 e. The molecule has 4 nitrogen and oxygen atoms in total. The number of fused-ring (bicyclic) bond motifs is 1. The fourth-order valence-electron chi connectivity index (χ4n) is 7.14. The summed E-state index contributed by atoms with van der Waals surface area (Å²) >= 11 is 0. The van der Waals surface area contributed by atoms with Crippen molar-refractivity contribution in [3.63, 3.8) is 0 Å². The van der Waals surface area contributed by atoms with Gasteiger partial charge in [-0.1, -0.05) is 97.1 Å². The van der Waals surface area contributed by atoms with Gasteiger partial charge in [-0.15, -0.1) is 0 Å². The number of aromatic nitrogens is 2. The lowest BCUT2D eigenvalue weighted by molar-refractivity contribution is 1.05. The molecule has 0 fully saturated rings. The van der Waals surface area contributed by atoms with Crippen molar-refractivity contribution in [2.75, 3.05) is 0 Å². The van der Waals surface area contributed by atoms with Crippen LogP contribution in [0.5, 0.6) is 0 Å². The van der Waals surface area contributed by atoms with Crippen LogP contribution in [-0.2, 0) is 6.42 Å². The van der Waals surface area contributed by atoms with Gasteiger partial charge in [0.1, 0.15) is 0 Å². The highest BCUT2D eigenvalue weighted by Gasteiger charge is 2.16. The lowest BCUT2D eigenvalue weighted by Gasteiger charge is -2.16. The van der Waals surface area contributed by atoms with E-state index in [1.807, 2.05) is 18.2 Å². The SMILES string of the molecule is Cc1c(/C=C\N)c2ccccc2n1-c1cccc(-c2cc(C/C=C\C=C/N)nc(-c3ccc4ccc5cccc6ccc3c4c56)c2)c1. The van der Waals surface area contributed by atoms with Gasteiger partial charge in [-0.2, -0.15) is 0 Å². The number of rotatable bonds is 7. The van der Waals surface area contributed by atoms with Crippen LogP contribution in [0.25, 0.3) is 77.4 Å². The monoisotopic (exact) mass is 606 g/mol. The van der Waals surface area contributed by atoms with Gasteiger partial charge in [0.05, 0.1) is 11.2 Å². The molecule has 6 aromatic carbocycles. The Kier molecular flexibility index (Phi) is 7.03. The van der Waals surface area contributed by atoms with Crippen LogP contribution in [0.15, 0.2) is 146 Å². The minimum atomic E-state index is 0.687. The summed E-state index contributed by atoms with van der Waals surface area (Å²) in [7, 11) is 0. The van der Waals surface area contributed by atoms with Crippen molar-refractivity contribution in [3.05, 3.63) is 163 Å². The first kappa shape index (κ1) is 28.4. The first-order valence-corrected chi connectivity index (χ1v) is 15.9. The van der Waals surface area contributed by atoms with E-state index in [0.29, 0.717) is 6.42 Å². The lowest BCUT2D eigenvalue weighted by atomic mass is 9.90. The van der Waals surface area contributed by atoms with Gasteiger partial charge in [-0.3, -0.25) is 4.98 Å². The standard InChI is InChI=1S/C43H34N4/c1-28-36(22-24-45)38-14-4-5-15-41(38)47(28)35-13-8-11-32(26-35)33-25-34(12-3-2-6-23-44)46-40(27-33)37-20-18-31-17-16-29-9-7-10-30-19-21-39(37)43(31)42(29)30/h2-11,13-27H,12,44-45H2,1H3/b3-2-,23-6-,24-22-. The Bertz CT molecular complexity index is 2510. The predicted molar refractivity (Wildman–Crippen MR) is 200 cm³/mol. The smallest absolute Gasteiger partial charge is 0.0717 e. The van der Waals surface area contributed by atoms with E-state index < -0.39 is 0 Å². The minimum absolute atomic E-state index is 0.687. The van der Waals surface area contributed by atoms with E-state index in [2.05, 4.69) is 133 Å². The van der Waals surface area contributed by atoms with Gasteiger partial charge in [0.15, 0.2) is 0 Å². The molecule has 0 spiro atoms. The van der Waals surface area contributed by atoms with Crippen LogP contribution < -0.4 is 11.5 Å². The van der Waals surface area contributed by atoms with Gasteiger partial charge >= 0.3 is 0 Å². The Morgan fingerprint density at radius 1 is 0.660 bits per heavy atom. The molecule has 8 rings (SSSR count). The number of pyridine rings is 1. The van der Waals surface area contributed by atoms with Crippen molar-refractivity contribution in [3.8, 4) is 28.1 Å². The Morgan fingerprint density at radius 2 is 1.43 bits per heavy atom. The third-order valence-corrected chi connectivity index (χ3v) is 9.23. The number of hydrogen-bond acceptors (Lipinski definition) is 3. The Morgan fingerprint density at radius 3 is 2.26 bits per heavy atom. The highest BCUT2D eigenvalue weighted by molar-refractivity contribution is 6.25. The van der Waals surface area contributed by atoms with Gasteiger partial charge in [-0.05, 0) is 105 Å². The molecule has 0 saturated carbocycles. The van der Waals surface area contributed by atoms with Crippen LogP contribution in [0, 0.1) is 6.92 Å². The van der Waals surface area contributed by atoms with E-state index in [1.165, 1.54) is 37.7 Å². The molecule has 226 valence electrons. The molecule has 0 aliphatic rings. The van der Waals surface area contributed by atoms with E-state index in [-0.39, 0.29) is 0 Å². The summed E-state index contributed by atoms with van der Waals surface area (Å²) in [6.07, 6.45) is 11.7. The van der Waals surface area contributed by atoms with Gasteiger partial charge < -0.3 is 16.0 Å². The van der Waals surface area contributed by atoms with Crippen molar-refractivity contribution in [1.29, 1.82) is 0 Å². The van der Waals surface area contributed by atoms with Crippen molar-refractivity contribution < 1.29 is 0 Å². The maximum absolute atomic E-state index is 5.86. The Hall–Kier alpha value is -6.13. The van der Waals surface area contributed by atoms with Crippen LogP contribution >= 0.6 is 0 Å². The largest absolute Gasteiger partial charge is 0.405 e. The van der Waals surface area contributed by atoms with Gasteiger partial charge in [0.2, 0.25) is 0 Å². The molecule has 0 aliphatic carbocycles. The van der Waals surface area contributed by atoms with Crippen LogP contribution in [0.4, 0.5) is 0 Å². The summed E-state index contributed by atoms with van der Waals surface area (Å²) < 4.78 is 2.32. The van der Waals surface area contributed by atoms with Crippen LogP contribution in [0.3, 0.4) is 0 Å². The van der Waals surface area contributed by atoms with Crippen LogP contribution in [0.2, 0.25) is 0 Å². The molecule has 2 aromatic heterocycles. The normalized spacial score (nSPS) is 12.4. The molecule has 8 aromatic rings. The summed E-state index contributed by atoms with van der Waals surface area (Å²) in [4.78, 5) is 5.24. The molecule has 4 N–H and O–H groups in total. The summed E-state index contributed by atoms with van der Waals surface area (Å²) in [6, 6.07) is 41.6. The van der Waals surface area contributed by atoms with Crippen molar-refractivity contribution in [2.24, 2.45) is 11.5 Å². The molecule has 4 heteroatoms. The van der Waals surface area contributed by atoms with E-state index >= 15 is 0 Å². The fraction of sp³-hybridized carbons (Fsp3) is 0.0465. The number of benzene rings is 6.